The summed E-state index contributed by atoms with van der Waals surface area (Å²) in [5, 5.41) is 0. The Kier molecular flexibility index (Phi) is 4.63. The number of nitrogens with zero attached hydrogens (tertiary/aromatic N) is 1. The smallest absolute Gasteiger partial charge is 0.179 e. The Bertz CT molecular complexity index is 182. The van der Waals surface area contributed by atoms with Crippen molar-refractivity contribution in [2.45, 2.75) is 26.7 Å². The summed E-state index contributed by atoms with van der Waals surface area (Å²) in [5.74, 6) is 0. The van der Waals surface area contributed by atoms with Gasteiger partial charge in [-0.15, -0.1) is 0 Å². The average Bonchev–Trinajstić information content (AvgIpc) is 1.85. The van der Waals surface area contributed by atoms with E-state index in [0.29, 0.717) is 25.9 Å². The van der Waals surface area contributed by atoms with Crippen molar-refractivity contribution >= 4 is 10.3 Å². The molecule has 0 spiro atoms. The fourth-order valence-corrected chi connectivity index (χ4v) is 1.65. The van der Waals surface area contributed by atoms with Crippen LogP contribution in [-0.2, 0) is 14.9 Å². The highest BCUT2D eigenvalue weighted by Gasteiger charge is 2.17. The van der Waals surface area contributed by atoms with Crippen LogP contribution in [0.5, 0.6) is 0 Å². The summed E-state index contributed by atoms with van der Waals surface area (Å²) < 4.78 is 32.4. The molecular weight excluding hydrogens is 166 g/mol. The zero-order valence-electron chi connectivity index (χ0n) is 6.91. The molecule has 0 atom stereocenters. The average molecular weight is 180 g/mol. The highest BCUT2D eigenvalue weighted by Crippen LogP contribution is 2.00. The van der Waals surface area contributed by atoms with Gasteiger partial charge in [-0.05, 0) is 12.8 Å². The lowest BCUT2D eigenvalue weighted by molar-refractivity contribution is 0.315. The number of rotatable bonds is 5. The molecule has 0 aliphatic carbocycles. The third kappa shape index (κ3) is 4.34. The van der Waals surface area contributed by atoms with E-state index in [4.69, 9.17) is 0 Å². The van der Waals surface area contributed by atoms with Crippen molar-refractivity contribution in [3.8, 4) is 0 Å². The molecule has 0 aromatic heterocycles. The van der Waals surface area contributed by atoms with Crippen molar-refractivity contribution in [2.75, 3.05) is 13.1 Å². The first-order valence-corrected chi connectivity index (χ1v) is 5.09. The first-order valence-electron chi connectivity index (χ1n) is 3.73. The molecular formula is C6H14NO3S. The van der Waals surface area contributed by atoms with Crippen LogP contribution in [-0.4, -0.2) is 25.8 Å². The summed E-state index contributed by atoms with van der Waals surface area (Å²) in [7, 11) is -4.21. The maximum absolute atomic E-state index is 10.5. The molecule has 0 aliphatic heterocycles. The van der Waals surface area contributed by atoms with E-state index in [1.807, 2.05) is 13.8 Å². The highest BCUT2D eigenvalue weighted by atomic mass is 32.2. The Hall–Kier alpha value is -0.130. The molecule has 0 aromatic rings. The largest absolute Gasteiger partial charge is 0.365 e. The second-order valence-corrected chi connectivity index (χ2v) is 3.73. The standard InChI is InChI=1S/C6H14NO3S/c1-3-5-7(6-4-2)11(8,9)10/h3-6H2,1-2H3. The maximum Gasteiger partial charge on any atom is 0.365 e. The van der Waals surface area contributed by atoms with E-state index < -0.39 is 10.3 Å². The highest BCUT2D eigenvalue weighted by molar-refractivity contribution is 7.83. The molecule has 0 unspecified atom stereocenters. The fourth-order valence-electron chi connectivity index (χ4n) is 0.834. The molecule has 67 valence electrons. The number of hydrogen-bond acceptors (Lipinski definition) is 2. The van der Waals surface area contributed by atoms with Gasteiger partial charge in [0.25, 0.3) is 0 Å². The molecule has 0 N–H and O–H groups in total. The Morgan fingerprint density at radius 1 is 1.09 bits per heavy atom. The molecule has 0 saturated carbocycles. The van der Waals surface area contributed by atoms with Crippen molar-refractivity contribution in [3.05, 3.63) is 0 Å². The minimum Gasteiger partial charge on any atom is -0.179 e. The van der Waals surface area contributed by atoms with E-state index in [1.165, 1.54) is 0 Å². The zero-order chi connectivity index (χ0) is 8.91. The summed E-state index contributed by atoms with van der Waals surface area (Å²) in [5.41, 5.74) is 0. The second-order valence-electron chi connectivity index (χ2n) is 2.36. The molecule has 11 heavy (non-hydrogen) atoms. The van der Waals surface area contributed by atoms with E-state index >= 15 is 0 Å². The van der Waals surface area contributed by atoms with Crippen molar-refractivity contribution in [2.24, 2.45) is 0 Å². The van der Waals surface area contributed by atoms with Crippen LogP contribution in [0.2, 0.25) is 0 Å². The molecule has 0 bridgehead atoms. The molecule has 0 amide bonds. The van der Waals surface area contributed by atoms with Gasteiger partial charge < -0.3 is 0 Å². The van der Waals surface area contributed by atoms with Gasteiger partial charge in [-0.1, -0.05) is 18.4 Å². The van der Waals surface area contributed by atoms with Crippen LogP contribution in [0.1, 0.15) is 26.7 Å². The normalized spacial score (nSPS) is 12.4. The van der Waals surface area contributed by atoms with Crippen LogP contribution in [0.4, 0.5) is 0 Å². The lowest BCUT2D eigenvalue weighted by Crippen LogP contribution is -2.30. The van der Waals surface area contributed by atoms with Gasteiger partial charge in [-0.3, -0.25) is 0 Å². The summed E-state index contributed by atoms with van der Waals surface area (Å²) >= 11 is 0. The van der Waals surface area contributed by atoms with Gasteiger partial charge in [0.15, 0.2) is 0 Å². The van der Waals surface area contributed by atoms with Crippen LogP contribution in [0.3, 0.4) is 0 Å². The fraction of sp³-hybridized carbons (Fsp3) is 1.00. The maximum atomic E-state index is 10.5. The Morgan fingerprint density at radius 2 is 1.45 bits per heavy atom. The van der Waals surface area contributed by atoms with Gasteiger partial charge in [0.05, 0.1) is 0 Å². The van der Waals surface area contributed by atoms with Gasteiger partial charge in [0, 0.05) is 13.1 Å². The molecule has 0 rings (SSSR count). The van der Waals surface area contributed by atoms with Crippen molar-refractivity contribution in [1.82, 2.24) is 4.31 Å². The van der Waals surface area contributed by atoms with E-state index in [1.54, 1.807) is 0 Å². The first kappa shape index (κ1) is 10.9. The SMILES string of the molecule is CCCN(CCC)S([O])(=O)=O. The molecule has 0 aliphatic rings. The van der Waals surface area contributed by atoms with Crippen LogP contribution in [0.25, 0.3) is 0 Å². The summed E-state index contributed by atoms with van der Waals surface area (Å²) in [6.07, 6.45) is 1.36. The number of hydrogen-bond donors (Lipinski definition) is 0. The molecule has 1 radical (unpaired) electrons. The van der Waals surface area contributed by atoms with Crippen LogP contribution < -0.4 is 0 Å². The molecule has 0 heterocycles. The van der Waals surface area contributed by atoms with Gasteiger partial charge in [-0.2, -0.15) is 12.7 Å². The predicted molar refractivity (Wildman–Crippen MR) is 41.8 cm³/mol. The summed E-state index contributed by atoms with van der Waals surface area (Å²) in [6, 6.07) is 0. The van der Waals surface area contributed by atoms with Crippen molar-refractivity contribution in [1.29, 1.82) is 0 Å². The minimum atomic E-state index is -4.21. The quantitative estimate of drug-likeness (QED) is 0.628. The van der Waals surface area contributed by atoms with E-state index in [-0.39, 0.29) is 0 Å². The van der Waals surface area contributed by atoms with E-state index in [0.717, 1.165) is 4.31 Å². The van der Waals surface area contributed by atoms with E-state index in [2.05, 4.69) is 0 Å². The molecule has 0 fully saturated rings. The van der Waals surface area contributed by atoms with Crippen LogP contribution in [0, 0.1) is 0 Å². The van der Waals surface area contributed by atoms with Gasteiger partial charge in [0.1, 0.15) is 0 Å². The van der Waals surface area contributed by atoms with Crippen molar-refractivity contribution in [3.63, 3.8) is 0 Å². The van der Waals surface area contributed by atoms with Crippen LogP contribution >= 0.6 is 0 Å². The topological polar surface area (TPSA) is 57.3 Å². The summed E-state index contributed by atoms with van der Waals surface area (Å²) in [4.78, 5) is 0. The molecule has 5 heteroatoms. The molecule has 0 saturated heterocycles. The molecule has 0 aromatic carbocycles. The van der Waals surface area contributed by atoms with Gasteiger partial charge >= 0.3 is 10.3 Å². The summed E-state index contributed by atoms with van der Waals surface area (Å²) in [6.45, 7) is 4.35. The predicted octanol–water partition coefficient (Wildman–Crippen LogP) is 0.784. The van der Waals surface area contributed by atoms with Crippen LogP contribution in [0.15, 0.2) is 0 Å². The van der Waals surface area contributed by atoms with Gasteiger partial charge in [0.2, 0.25) is 0 Å². The third-order valence-electron chi connectivity index (χ3n) is 1.26. The van der Waals surface area contributed by atoms with Crippen molar-refractivity contribution < 1.29 is 13.0 Å². The first-order chi connectivity index (χ1) is 5.02. The second kappa shape index (κ2) is 4.69. The lowest BCUT2D eigenvalue weighted by atomic mass is 10.4. The third-order valence-corrected chi connectivity index (χ3v) is 2.26. The Balaban J connectivity index is 4.11. The van der Waals surface area contributed by atoms with E-state index in [9.17, 15) is 13.0 Å². The van der Waals surface area contributed by atoms with Gasteiger partial charge in [-0.25, -0.2) is 0 Å². The monoisotopic (exact) mass is 180 g/mol. The Labute approximate surface area is 68.1 Å². The Morgan fingerprint density at radius 3 is 1.64 bits per heavy atom. The zero-order valence-corrected chi connectivity index (χ0v) is 7.73. The lowest BCUT2D eigenvalue weighted by Gasteiger charge is -2.14. The minimum absolute atomic E-state index is 0.333. The molecule has 4 nitrogen and oxygen atoms in total.